The van der Waals surface area contributed by atoms with Gasteiger partial charge in [-0.25, -0.2) is 8.42 Å². The van der Waals surface area contributed by atoms with Gasteiger partial charge in [-0.1, -0.05) is 59.6 Å². The Bertz CT molecular complexity index is 1230. The average Bonchev–Trinajstić information content (AvgIpc) is 3.55. The number of benzene rings is 2. The molecule has 0 bridgehead atoms. The molecule has 1 amide bonds. The van der Waals surface area contributed by atoms with E-state index in [9.17, 15) is 13.2 Å². The highest BCUT2D eigenvalue weighted by Crippen LogP contribution is 2.29. The third-order valence-electron chi connectivity index (χ3n) is 5.75. The first-order chi connectivity index (χ1) is 16.8. The zero-order chi connectivity index (χ0) is 24.8. The smallest absolute Gasteiger partial charge is 0.245 e. The summed E-state index contributed by atoms with van der Waals surface area (Å²) in [4.78, 5) is 16.2. The van der Waals surface area contributed by atoms with E-state index in [1.807, 2.05) is 47.8 Å². The Morgan fingerprint density at radius 3 is 2.54 bits per heavy atom. The number of hydrogen-bond acceptors (Lipinski definition) is 5. The number of carbonyl (C=O) groups is 1. The van der Waals surface area contributed by atoms with Gasteiger partial charge in [0.2, 0.25) is 15.9 Å². The molecule has 1 aliphatic rings. The molecule has 35 heavy (non-hydrogen) atoms. The minimum Gasteiger partial charge on any atom is -0.377 e. The van der Waals surface area contributed by atoms with E-state index in [1.54, 1.807) is 16.2 Å². The van der Waals surface area contributed by atoms with Gasteiger partial charge in [0.05, 0.1) is 24.2 Å². The topological polar surface area (TPSA) is 66.9 Å². The van der Waals surface area contributed by atoms with E-state index in [0.717, 1.165) is 23.3 Å². The minimum atomic E-state index is -4.11. The second-order valence-electron chi connectivity index (χ2n) is 8.32. The Morgan fingerprint density at radius 1 is 1.06 bits per heavy atom. The summed E-state index contributed by atoms with van der Waals surface area (Å²) < 4.78 is 34.2. The predicted molar refractivity (Wildman–Crippen MR) is 139 cm³/mol. The van der Waals surface area contributed by atoms with Gasteiger partial charge in [0, 0.05) is 29.6 Å². The molecule has 1 aliphatic heterocycles. The van der Waals surface area contributed by atoms with Gasteiger partial charge in [-0.3, -0.25) is 4.79 Å². The number of thiophene rings is 1. The number of ether oxygens (including phenoxy) is 1. The Balaban J connectivity index is 1.62. The molecule has 1 unspecified atom stereocenters. The summed E-state index contributed by atoms with van der Waals surface area (Å²) in [7, 11) is -4.11. The van der Waals surface area contributed by atoms with E-state index in [1.165, 1.54) is 22.5 Å². The quantitative estimate of drug-likeness (QED) is 0.335. The van der Waals surface area contributed by atoms with Crippen LogP contribution in [0.5, 0.6) is 0 Å². The molecule has 2 heterocycles. The molecule has 0 radical (unpaired) electrons. The van der Waals surface area contributed by atoms with Crippen LogP contribution in [0, 0.1) is 0 Å². The molecule has 1 aromatic heterocycles. The van der Waals surface area contributed by atoms with Gasteiger partial charge >= 0.3 is 0 Å². The molecule has 1 saturated heterocycles. The van der Waals surface area contributed by atoms with Crippen LogP contribution < -0.4 is 0 Å². The fourth-order valence-electron chi connectivity index (χ4n) is 3.95. The Hall–Kier alpha value is -1.94. The van der Waals surface area contributed by atoms with Gasteiger partial charge in [0.15, 0.2) is 0 Å². The lowest BCUT2D eigenvalue weighted by molar-refractivity contribution is -0.132. The number of amides is 1. The summed E-state index contributed by atoms with van der Waals surface area (Å²) in [6.45, 7) is 1.06. The summed E-state index contributed by atoms with van der Waals surface area (Å²) in [6.07, 6.45) is 1.30. The van der Waals surface area contributed by atoms with E-state index < -0.39 is 10.0 Å². The van der Waals surface area contributed by atoms with Crippen LogP contribution in [0.15, 0.2) is 70.9 Å². The number of nitrogens with zero attached hydrogens (tertiary/aromatic N) is 2. The van der Waals surface area contributed by atoms with Crippen LogP contribution in [0.25, 0.3) is 0 Å². The first kappa shape index (κ1) is 26.1. The minimum absolute atomic E-state index is 0.0546. The number of halogens is 2. The van der Waals surface area contributed by atoms with Crippen molar-refractivity contribution >= 4 is 50.5 Å². The molecule has 0 N–H and O–H groups in total. The zero-order valence-corrected chi connectivity index (χ0v) is 22.1. The van der Waals surface area contributed by atoms with Crippen molar-refractivity contribution in [2.75, 3.05) is 19.7 Å². The fourth-order valence-corrected chi connectivity index (χ4v) is 6.83. The van der Waals surface area contributed by atoms with Crippen LogP contribution >= 0.6 is 34.5 Å². The average molecular weight is 554 g/mol. The molecule has 10 heteroatoms. The van der Waals surface area contributed by atoms with Crippen molar-refractivity contribution in [3.8, 4) is 0 Å². The zero-order valence-electron chi connectivity index (χ0n) is 19.0. The fraction of sp³-hybridized carbons (Fsp3) is 0.320. The first-order valence-electron chi connectivity index (χ1n) is 11.2. The molecule has 0 saturated carbocycles. The standard InChI is InChI=1S/C25H26Cl2N2O4S2/c26-20-10-11-23(27)24(14-20)35(31,32)29(16-21-8-4-12-33-21)18-25(30)28(17-22-9-5-13-34-22)15-19-6-2-1-3-7-19/h1-3,5-7,9-11,13-14,21H,4,8,12,15-18H2. The van der Waals surface area contributed by atoms with Crippen molar-refractivity contribution in [3.63, 3.8) is 0 Å². The van der Waals surface area contributed by atoms with E-state index in [2.05, 4.69) is 0 Å². The molecular formula is C25H26Cl2N2O4S2. The van der Waals surface area contributed by atoms with Gasteiger partial charge in [-0.15, -0.1) is 11.3 Å². The lowest BCUT2D eigenvalue weighted by Crippen LogP contribution is -2.45. The second-order valence-corrected chi connectivity index (χ2v) is 12.1. The molecule has 186 valence electrons. The molecule has 1 fully saturated rings. The molecule has 6 nitrogen and oxygen atoms in total. The van der Waals surface area contributed by atoms with E-state index >= 15 is 0 Å². The van der Waals surface area contributed by atoms with Crippen molar-refractivity contribution in [2.24, 2.45) is 0 Å². The van der Waals surface area contributed by atoms with Crippen molar-refractivity contribution in [1.29, 1.82) is 0 Å². The first-order valence-corrected chi connectivity index (χ1v) is 14.3. The SMILES string of the molecule is O=C(CN(CC1CCCO1)S(=O)(=O)c1cc(Cl)ccc1Cl)N(Cc1ccccc1)Cc1cccs1. The highest BCUT2D eigenvalue weighted by Gasteiger charge is 2.33. The van der Waals surface area contributed by atoms with Crippen LogP contribution in [0.2, 0.25) is 10.0 Å². The Kier molecular flexibility index (Phi) is 8.86. The van der Waals surface area contributed by atoms with Crippen LogP contribution in [0.1, 0.15) is 23.3 Å². The molecule has 1 atom stereocenters. The summed E-state index contributed by atoms with van der Waals surface area (Å²) >= 11 is 13.9. The summed E-state index contributed by atoms with van der Waals surface area (Å²) in [5.74, 6) is -0.304. The Labute approximate surface area is 220 Å². The molecule has 4 rings (SSSR count). The highest BCUT2D eigenvalue weighted by atomic mass is 35.5. The number of sulfonamides is 1. The van der Waals surface area contributed by atoms with Gasteiger partial charge < -0.3 is 9.64 Å². The van der Waals surface area contributed by atoms with Crippen molar-refractivity contribution in [1.82, 2.24) is 9.21 Å². The van der Waals surface area contributed by atoms with Crippen LogP contribution in [-0.4, -0.2) is 49.3 Å². The highest BCUT2D eigenvalue weighted by molar-refractivity contribution is 7.89. The van der Waals surface area contributed by atoms with E-state index in [0.29, 0.717) is 19.7 Å². The van der Waals surface area contributed by atoms with Crippen molar-refractivity contribution < 1.29 is 17.9 Å². The number of carbonyl (C=O) groups excluding carboxylic acids is 1. The molecular weight excluding hydrogens is 527 g/mol. The maximum absolute atomic E-state index is 13.7. The molecule has 3 aromatic rings. The third-order valence-corrected chi connectivity index (χ3v) is 9.14. The van der Waals surface area contributed by atoms with E-state index in [-0.39, 0.29) is 40.0 Å². The van der Waals surface area contributed by atoms with Gasteiger partial charge in [-0.2, -0.15) is 4.31 Å². The van der Waals surface area contributed by atoms with Gasteiger partial charge in [-0.05, 0) is 48.1 Å². The number of hydrogen-bond donors (Lipinski definition) is 0. The second kappa shape index (κ2) is 11.9. The summed E-state index contributed by atoms with van der Waals surface area (Å²) in [5.41, 5.74) is 0.962. The van der Waals surface area contributed by atoms with Crippen LogP contribution in [-0.2, 0) is 32.6 Å². The Morgan fingerprint density at radius 2 is 1.86 bits per heavy atom. The molecule has 2 aromatic carbocycles. The van der Waals surface area contributed by atoms with Gasteiger partial charge in [0.1, 0.15) is 4.90 Å². The van der Waals surface area contributed by atoms with Crippen molar-refractivity contribution in [3.05, 3.63) is 86.5 Å². The lowest BCUT2D eigenvalue weighted by atomic mass is 10.2. The molecule has 0 spiro atoms. The predicted octanol–water partition coefficient (Wildman–Crippen LogP) is 5.45. The van der Waals surface area contributed by atoms with Crippen LogP contribution in [0.4, 0.5) is 0 Å². The summed E-state index contributed by atoms with van der Waals surface area (Å²) in [5, 5.41) is 2.26. The van der Waals surface area contributed by atoms with Gasteiger partial charge in [0.25, 0.3) is 0 Å². The summed E-state index contributed by atoms with van der Waals surface area (Å²) in [6, 6.07) is 17.8. The normalized spacial score (nSPS) is 16.0. The number of rotatable bonds is 10. The van der Waals surface area contributed by atoms with Crippen LogP contribution in [0.3, 0.4) is 0 Å². The molecule has 0 aliphatic carbocycles. The maximum atomic E-state index is 13.7. The lowest BCUT2D eigenvalue weighted by Gasteiger charge is -2.29. The third kappa shape index (κ3) is 6.84. The maximum Gasteiger partial charge on any atom is 0.245 e. The monoisotopic (exact) mass is 552 g/mol. The van der Waals surface area contributed by atoms with Crippen molar-refractivity contribution in [2.45, 2.75) is 36.9 Å². The van der Waals surface area contributed by atoms with E-state index in [4.69, 9.17) is 27.9 Å². The largest absolute Gasteiger partial charge is 0.377 e.